The number of carbonyl (C=O) groups excluding carboxylic acids is 3. The zero-order valence-electron chi connectivity index (χ0n) is 11.6. The third-order valence-electron chi connectivity index (χ3n) is 4.55. The number of imide groups is 1. The van der Waals surface area contributed by atoms with Crippen molar-refractivity contribution in [2.75, 3.05) is 13.1 Å². The number of hydrogen-bond donors (Lipinski definition) is 1. The van der Waals surface area contributed by atoms with Crippen LogP contribution in [0.5, 0.6) is 0 Å². The van der Waals surface area contributed by atoms with Crippen LogP contribution in [0.15, 0.2) is 0 Å². The number of nitrogens with one attached hydrogen (secondary N) is 1. The van der Waals surface area contributed by atoms with E-state index < -0.39 is 0 Å². The molecule has 3 aliphatic rings. The third-order valence-corrected chi connectivity index (χ3v) is 4.55. The molecule has 2 aliphatic heterocycles. The van der Waals surface area contributed by atoms with E-state index in [2.05, 4.69) is 5.32 Å². The molecule has 0 aromatic carbocycles. The van der Waals surface area contributed by atoms with Gasteiger partial charge in [-0.3, -0.25) is 14.5 Å². The van der Waals surface area contributed by atoms with Crippen molar-refractivity contribution in [2.24, 2.45) is 0 Å². The zero-order valence-corrected chi connectivity index (χ0v) is 11.6. The van der Waals surface area contributed by atoms with Gasteiger partial charge in [0.15, 0.2) is 0 Å². The van der Waals surface area contributed by atoms with Gasteiger partial charge in [0, 0.05) is 12.6 Å². The van der Waals surface area contributed by atoms with Crippen molar-refractivity contribution in [3.63, 3.8) is 0 Å². The fourth-order valence-corrected chi connectivity index (χ4v) is 3.49. The molecule has 1 N–H and O–H groups in total. The minimum atomic E-state index is -0.315. The van der Waals surface area contributed by atoms with Crippen molar-refractivity contribution in [2.45, 2.75) is 57.0 Å². The summed E-state index contributed by atoms with van der Waals surface area (Å²) in [4.78, 5) is 38.9. The predicted molar refractivity (Wildman–Crippen MR) is 71.9 cm³/mol. The van der Waals surface area contributed by atoms with Gasteiger partial charge in [0.25, 0.3) is 5.91 Å². The largest absolute Gasteiger partial charge is 0.352 e. The van der Waals surface area contributed by atoms with Gasteiger partial charge in [0.2, 0.25) is 5.91 Å². The van der Waals surface area contributed by atoms with Gasteiger partial charge in [-0.2, -0.15) is 0 Å². The summed E-state index contributed by atoms with van der Waals surface area (Å²) in [5, 5.41) is 2.95. The van der Waals surface area contributed by atoms with Crippen molar-refractivity contribution >= 4 is 17.8 Å². The highest BCUT2D eigenvalue weighted by atomic mass is 16.2. The van der Waals surface area contributed by atoms with E-state index in [1.54, 1.807) is 4.90 Å². The number of nitrogens with zero attached hydrogens (tertiary/aromatic N) is 2. The average molecular weight is 279 g/mol. The fraction of sp³-hybridized carbons (Fsp3) is 0.786. The van der Waals surface area contributed by atoms with E-state index in [1.807, 2.05) is 0 Å². The van der Waals surface area contributed by atoms with E-state index >= 15 is 0 Å². The topological polar surface area (TPSA) is 69.7 Å². The Bertz CT molecular complexity index is 409. The lowest BCUT2D eigenvalue weighted by atomic mass is 9.95. The van der Waals surface area contributed by atoms with Crippen LogP contribution >= 0.6 is 0 Å². The normalized spacial score (nSPS) is 27.1. The molecule has 2 saturated heterocycles. The van der Waals surface area contributed by atoms with E-state index in [-0.39, 0.29) is 36.5 Å². The van der Waals surface area contributed by atoms with Crippen LogP contribution in [0.4, 0.5) is 4.79 Å². The fourth-order valence-electron chi connectivity index (χ4n) is 3.49. The molecule has 1 atom stereocenters. The molecule has 1 saturated carbocycles. The Hall–Kier alpha value is -1.59. The van der Waals surface area contributed by atoms with Gasteiger partial charge in [0.1, 0.15) is 12.6 Å². The molecule has 3 rings (SSSR count). The molecule has 110 valence electrons. The minimum Gasteiger partial charge on any atom is -0.352 e. The van der Waals surface area contributed by atoms with E-state index in [1.165, 1.54) is 6.42 Å². The van der Waals surface area contributed by atoms with E-state index in [0.717, 1.165) is 43.4 Å². The number of urea groups is 1. The Morgan fingerprint density at radius 2 is 1.85 bits per heavy atom. The lowest BCUT2D eigenvalue weighted by Crippen LogP contribution is -2.45. The summed E-state index contributed by atoms with van der Waals surface area (Å²) in [6.07, 6.45) is 7.12. The Kier molecular flexibility index (Phi) is 3.63. The molecule has 0 radical (unpaired) electrons. The first kappa shape index (κ1) is 13.4. The van der Waals surface area contributed by atoms with Crippen LogP contribution in [0.3, 0.4) is 0 Å². The van der Waals surface area contributed by atoms with E-state index in [9.17, 15) is 14.4 Å². The number of carbonyl (C=O) groups is 3. The Balaban J connectivity index is 1.56. The maximum atomic E-state index is 12.1. The maximum absolute atomic E-state index is 12.1. The van der Waals surface area contributed by atoms with Gasteiger partial charge in [-0.25, -0.2) is 4.79 Å². The highest BCUT2D eigenvalue weighted by Gasteiger charge is 2.47. The number of fused-ring (bicyclic) bond motifs is 1. The lowest BCUT2D eigenvalue weighted by molar-refractivity contribution is -0.132. The van der Waals surface area contributed by atoms with Crippen LogP contribution in [-0.2, 0) is 9.59 Å². The second-order valence-electron chi connectivity index (χ2n) is 5.96. The first-order chi connectivity index (χ1) is 9.66. The molecule has 1 aliphatic carbocycles. The van der Waals surface area contributed by atoms with Crippen molar-refractivity contribution in [3.05, 3.63) is 0 Å². The molecule has 0 aromatic rings. The summed E-state index contributed by atoms with van der Waals surface area (Å²) < 4.78 is 0. The number of rotatable bonds is 3. The summed E-state index contributed by atoms with van der Waals surface area (Å²) in [6.45, 7) is 0.511. The highest BCUT2D eigenvalue weighted by molar-refractivity contribution is 6.06. The van der Waals surface area contributed by atoms with Crippen LogP contribution in [-0.4, -0.2) is 52.8 Å². The molecule has 1 unspecified atom stereocenters. The molecule has 2 heterocycles. The van der Waals surface area contributed by atoms with Crippen molar-refractivity contribution in [1.29, 1.82) is 0 Å². The van der Waals surface area contributed by atoms with Gasteiger partial charge in [-0.15, -0.1) is 0 Å². The lowest BCUT2D eigenvalue weighted by Gasteiger charge is -2.24. The van der Waals surface area contributed by atoms with Gasteiger partial charge in [-0.05, 0) is 25.7 Å². The average Bonchev–Trinajstić information content (AvgIpc) is 3.00. The second-order valence-corrected chi connectivity index (χ2v) is 5.96. The molecule has 6 heteroatoms. The van der Waals surface area contributed by atoms with E-state index in [0.29, 0.717) is 6.54 Å². The molecule has 4 amide bonds. The summed E-state index contributed by atoms with van der Waals surface area (Å²) in [7, 11) is 0. The highest BCUT2D eigenvalue weighted by Crippen LogP contribution is 2.27. The van der Waals surface area contributed by atoms with E-state index in [4.69, 9.17) is 0 Å². The van der Waals surface area contributed by atoms with Crippen LogP contribution in [0.2, 0.25) is 0 Å². The first-order valence-electron chi connectivity index (χ1n) is 7.58. The standard InChI is InChI=1S/C14H21N3O3/c18-12(15-10-5-2-1-3-6-10)9-17-13(19)11-7-4-8-16(11)14(17)20/h10-11H,1-9H2,(H,15,18). The molecule has 0 bridgehead atoms. The monoisotopic (exact) mass is 279 g/mol. The predicted octanol–water partition coefficient (Wildman–Crippen LogP) is 0.862. The van der Waals surface area contributed by atoms with Crippen LogP contribution < -0.4 is 5.32 Å². The van der Waals surface area contributed by atoms with Crippen molar-refractivity contribution in [1.82, 2.24) is 15.1 Å². The molecule has 3 fully saturated rings. The zero-order chi connectivity index (χ0) is 14.1. The number of hydrogen-bond acceptors (Lipinski definition) is 3. The summed E-state index contributed by atoms with van der Waals surface area (Å²) in [5.41, 5.74) is 0. The van der Waals surface area contributed by atoms with Crippen molar-refractivity contribution < 1.29 is 14.4 Å². The first-order valence-corrected chi connectivity index (χ1v) is 7.58. The van der Waals surface area contributed by atoms with Crippen LogP contribution in [0.25, 0.3) is 0 Å². The Morgan fingerprint density at radius 3 is 2.55 bits per heavy atom. The Labute approximate surface area is 118 Å². The molecule has 0 spiro atoms. The maximum Gasteiger partial charge on any atom is 0.327 e. The summed E-state index contributed by atoms with van der Waals surface area (Å²) >= 11 is 0. The van der Waals surface area contributed by atoms with Gasteiger partial charge < -0.3 is 10.2 Å². The molecule has 0 aromatic heterocycles. The van der Waals surface area contributed by atoms with Crippen LogP contribution in [0, 0.1) is 0 Å². The van der Waals surface area contributed by atoms with Gasteiger partial charge in [-0.1, -0.05) is 19.3 Å². The minimum absolute atomic E-state index is 0.124. The van der Waals surface area contributed by atoms with Gasteiger partial charge in [0.05, 0.1) is 0 Å². The van der Waals surface area contributed by atoms with Crippen molar-refractivity contribution in [3.8, 4) is 0 Å². The third kappa shape index (κ3) is 2.39. The SMILES string of the molecule is O=C(CN1C(=O)C2CCCN2C1=O)NC1CCCCC1. The summed E-state index contributed by atoms with van der Waals surface area (Å²) in [6, 6.07) is -0.398. The van der Waals surface area contributed by atoms with Crippen LogP contribution in [0.1, 0.15) is 44.9 Å². The molecule has 6 nitrogen and oxygen atoms in total. The Morgan fingerprint density at radius 1 is 1.10 bits per heavy atom. The molecule has 20 heavy (non-hydrogen) atoms. The van der Waals surface area contributed by atoms with Gasteiger partial charge >= 0.3 is 6.03 Å². The molecular weight excluding hydrogens is 258 g/mol. The molecular formula is C14H21N3O3. The quantitative estimate of drug-likeness (QED) is 0.779. The second kappa shape index (κ2) is 5.42. The number of amides is 4. The smallest absolute Gasteiger partial charge is 0.327 e. The summed E-state index contributed by atoms with van der Waals surface area (Å²) in [5.74, 6) is -0.411.